The molecule has 3 aromatic rings. The molecule has 0 amide bonds. The van der Waals surface area contributed by atoms with Crippen LogP contribution in [0.25, 0.3) is 0 Å². The van der Waals surface area contributed by atoms with Crippen LogP contribution in [0.15, 0.2) is 78.9 Å². The maximum atomic E-state index is 8.89. The van der Waals surface area contributed by atoms with Gasteiger partial charge in [0.25, 0.3) is 0 Å². The highest BCUT2D eigenvalue weighted by Crippen LogP contribution is 2.20. The van der Waals surface area contributed by atoms with Gasteiger partial charge in [-0.2, -0.15) is 5.26 Å². The zero-order chi connectivity index (χ0) is 17.3. The molecule has 2 nitrogen and oxygen atoms in total. The highest BCUT2D eigenvalue weighted by Gasteiger charge is 2.03. The monoisotopic (exact) mass is 329 g/mol. The summed E-state index contributed by atoms with van der Waals surface area (Å²) in [6.07, 6.45) is 2.46. The molecular formula is C23H21NO. The molecule has 2 heteroatoms. The van der Waals surface area contributed by atoms with E-state index in [1.54, 1.807) is 0 Å². The summed E-state index contributed by atoms with van der Waals surface area (Å²) in [5.74, 6) is 0.789. The van der Waals surface area contributed by atoms with Gasteiger partial charge in [-0.05, 0) is 35.6 Å². The van der Waals surface area contributed by atoms with Crippen molar-refractivity contribution in [3.63, 3.8) is 0 Å². The lowest BCUT2D eigenvalue weighted by Crippen LogP contribution is -1.99. The van der Waals surface area contributed by atoms with Gasteiger partial charge in [0.1, 0.15) is 12.4 Å². The molecule has 0 heterocycles. The minimum absolute atomic E-state index is 0.370. The lowest BCUT2D eigenvalue weighted by atomic mass is 10.0. The molecule has 0 aliphatic carbocycles. The van der Waals surface area contributed by atoms with E-state index in [1.165, 1.54) is 11.1 Å². The van der Waals surface area contributed by atoms with Crippen molar-refractivity contribution >= 4 is 0 Å². The van der Waals surface area contributed by atoms with E-state index < -0.39 is 0 Å². The molecule has 0 N–H and O–H groups in total. The first-order chi connectivity index (χ1) is 12.3. The molecule has 3 rings (SSSR count). The fourth-order valence-corrected chi connectivity index (χ4v) is 2.77. The predicted molar refractivity (Wildman–Crippen MR) is 100 cm³/mol. The number of rotatable bonds is 7. The maximum Gasteiger partial charge on any atom is 0.124 e. The molecular weight excluding hydrogens is 308 g/mol. The smallest absolute Gasteiger partial charge is 0.124 e. The summed E-state index contributed by atoms with van der Waals surface area (Å²) < 4.78 is 5.89. The standard InChI is InChI=1S/C23H21NO/c24-17-16-22-8-4-5-9-23(22)25-18-21-14-12-20(13-15-21)11-10-19-6-2-1-3-7-19/h1-9,12-15H,10-11,16,18H2/i17+1,24+1. The van der Waals surface area contributed by atoms with E-state index >= 15 is 0 Å². The Hall–Kier alpha value is -3.05. The summed E-state index contributed by atoms with van der Waals surface area (Å²) in [6, 6.07) is 29.0. The lowest BCUT2D eigenvalue weighted by molar-refractivity contribution is 0.303. The Morgan fingerprint density at radius 3 is 2.00 bits per heavy atom. The Bertz CT molecular complexity index is 832. The van der Waals surface area contributed by atoms with Crippen molar-refractivity contribution in [2.75, 3.05) is 0 Å². The van der Waals surface area contributed by atoms with Crippen LogP contribution in [0.2, 0.25) is 0 Å². The van der Waals surface area contributed by atoms with Crippen molar-refractivity contribution in [1.82, 2.24) is 0 Å². The van der Waals surface area contributed by atoms with Gasteiger partial charge < -0.3 is 4.74 Å². The highest BCUT2D eigenvalue weighted by atomic mass is 16.5. The topological polar surface area (TPSA) is 33.0 Å². The van der Waals surface area contributed by atoms with E-state index in [-0.39, 0.29) is 0 Å². The molecule has 0 aliphatic rings. The number of para-hydroxylation sites is 1. The molecule has 124 valence electrons. The molecule has 0 atom stereocenters. The average molecular weight is 329 g/mol. The highest BCUT2D eigenvalue weighted by molar-refractivity contribution is 5.35. The number of aryl methyl sites for hydroxylation is 2. The van der Waals surface area contributed by atoms with Gasteiger partial charge in [0, 0.05) is 5.56 Å². The number of hydrogen-bond donors (Lipinski definition) is 0. The van der Waals surface area contributed by atoms with Crippen LogP contribution in [0, 0.1) is 11.3 Å². The normalized spacial score (nSPS) is 10.2. The van der Waals surface area contributed by atoms with E-state index in [2.05, 4.69) is 54.6 Å². The van der Waals surface area contributed by atoms with Gasteiger partial charge >= 0.3 is 0 Å². The zero-order valence-electron chi connectivity index (χ0n) is 14.2. The maximum absolute atomic E-state index is 8.89. The third-order valence-electron chi connectivity index (χ3n) is 4.20. The summed E-state index contributed by atoms with van der Waals surface area (Å²) in [5, 5.41) is 8.89. The molecule has 0 bridgehead atoms. The van der Waals surface area contributed by atoms with Crippen LogP contribution in [0.1, 0.15) is 22.3 Å². The first-order valence-electron chi connectivity index (χ1n) is 8.54. The van der Waals surface area contributed by atoms with Crippen molar-refractivity contribution in [3.05, 3.63) is 101 Å². The summed E-state index contributed by atoms with van der Waals surface area (Å²) in [6.45, 7) is 0.515. The molecule has 0 saturated heterocycles. The molecule has 0 aromatic heterocycles. The van der Waals surface area contributed by atoms with Crippen LogP contribution < -0.4 is 4.74 Å². The summed E-state index contributed by atoms with van der Waals surface area (Å²) in [7, 11) is 0. The Balaban J connectivity index is 1.55. The first-order valence-corrected chi connectivity index (χ1v) is 8.54. The molecule has 0 aliphatic heterocycles. The zero-order valence-corrected chi connectivity index (χ0v) is 14.2. The number of hydrogen-bond acceptors (Lipinski definition) is 2. The largest absolute Gasteiger partial charge is 0.489 e. The minimum Gasteiger partial charge on any atom is -0.489 e. The lowest BCUT2D eigenvalue weighted by Gasteiger charge is -2.10. The van der Waals surface area contributed by atoms with Crippen molar-refractivity contribution in [3.8, 4) is 11.8 Å². The quantitative estimate of drug-likeness (QED) is 0.445. The molecule has 0 unspecified atom stereocenters. The van der Waals surface area contributed by atoms with Crippen LogP contribution in [0.5, 0.6) is 5.75 Å². The summed E-state index contributed by atoms with van der Waals surface area (Å²) >= 11 is 0. The third-order valence-corrected chi connectivity index (χ3v) is 4.20. The first kappa shape index (κ1) is 16.8. The fourth-order valence-electron chi connectivity index (χ4n) is 2.77. The van der Waals surface area contributed by atoms with Gasteiger partial charge in [0.2, 0.25) is 0 Å². The minimum atomic E-state index is 0.370. The Morgan fingerprint density at radius 1 is 0.680 bits per heavy atom. The van der Waals surface area contributed by atoms with Crippen LogP contribution >= 0.6 is 0 Å². The summed E-state index contributed by atoms with van der Waals surface area (Å²) in [4.78, 5) is 0. The van der Waals surface area contributed by atoms with E-state index in [1.807, 2.05) is 30.3 Å². The van der Waals surface area contributed by atoms with Gasteiger partial charge in [0.15, 0.2) is 0 Å². The van der Waals surface area contributed by atoms with Gasteiger partial charge in [0.05, 0.1) is 12.5 Å². The average Bonchev–Trinajstić information content (AvgIpc) is 2.68. The fraction of sp³-hybridized carbons (Fsp3) is 0.174. The van der Waals surface area contributed by atoms with Gasteiger partial charge in [-0.1, -0.05) is 72.8 Å². The Morgan fingerprint density at radius 2 is 1.28 bits per heavy atom. The summed E-state index contributed by atoms with van der Waals surface area (Å²) in [5.41, 5.74) is 4.76. The van der Waals surface area contributed by atoms with Gasteiger partial charge in [-0.15, -0.1) is 0 Å². The van der Waals surface area contributed by atoms with E-state index in [0.29, 0.717) is 13.0 Å². The Labute approximate surface area is 149 Å². The molecule has 0 spiro atoms. The van der Waals surface area contributed by atoms with E-state index in [9.17, 15) is 0 Å². The SMILES string of the molecule is [15N]#[13C]Cc1ccccc1OCc1ccc(CCc2ccccc2)cc1. The van der Waals surface area contributed by atoms with Crippen LogP contribution in [-0.2, 0) is 25.9 Å². The molecule has 3 aromatic carbocycles. The second-order valence-electron chi connectivity index (χ2n) is 6.03. The van der Waals surface area contributed by atoms with Crippen molar-refractivity contribution in [2.45, 2.75) is 25.9 Å². The van der Waals surface area contributed by atoms with Gasteiger partial charge in [-0.25, -0.2) is 0 Å². The molecule has 0 fully saturated rings. The second-order valence-corrected chi connectivity index (χ2v) is 6.03. The number of nitriles is 1. The number of benzene rings is 3. The van der Waals surface area contributed by atoms with Crippen molar-refractivity contribution in [2.24, 2.45) is 0 Å². The van der Waals surface area contributed by atoms with Crippen LogP contribution in [0.3, 0.4) is 0 Å². The Kier molecular flexibility index (Phi) is 5.85. The van der Waals surface area contributed by atoms with Crippen molar-refractivity contribution in [1.29, 1.82) is 5.26 Å². The number of nitrogens with zero attached hydrogens (tertiary/aromatic N) is 1. The van der Waals surface area contributed by atoms with E-state index in [0.717, 1.165) is 29.7 Å². The predicted octanol–water partition coefficient (Wildman–Crippen LogP) is 5.12. The van der Waals surface area contributed by atoms with E-state index in [4.69, 9.17) is 10.00 Å². The number of ether oxygens (including phenoxy) is 1. The third kappa shape index (κ3) is 4.96. The molecule has 0 saturated carbocycles. The molecule has 25 heavy (non-hydrogen) atoms. The second kappa shape index (κ2) is 8.70. The molecule has 0 radical (unpaired) electrons. The van der Waals surface area contributed by atoms with Crippen LogP contribution in [0.4, 0.5) is 0 Å². The van der Waals surface area contributed by atoms with Crippen LogP contribution in [-0.4, -0.2) is 0 Å². The van der Waals surface area contributed by atoms with Crippen molar-refractivity contribution < 1.29 is 4.74 Å². The van der Waals surface area contributed by atoms with Gasteiger partial charge in [-0.3, -0.25) is 0 Å².